The van der Waals surface area contributed by atoms with Gasteiger partial charge >= 0.3 is 0 Å². The van der Waals surface area contributed by atoms with Crippen LogP contribution in [0.25, 0.3) is 0 Å². The standard InChI is InChI=1S/C12H18N2O3/c1-9-4-5-10(11(8-9)16-3)17-7-6-12(15)14-13-2/h4-5,8,13H,6-7H2,1-3H3,(H,14,15). The first-order valence-corrected chi connectivity index (χ1v) is 5.40. The molecule has 0 bridgehead atoms. The van der Waals surface area contributed by atoms with E-state index < -0.39 is 0 Å². The largest absolute Gasteiger partial charge is 0.493 e. The topological polar surface area (TPSA) is 59.6 Å². The van der Waals surface area contributed by atoms with Crippen molar-refractivity contribution in [2.45, 2.75) is 13.3 Å². The molecule has 0 heterocycles. The number of hydrogen-bond acceptors (Lipinski definition) is 4. The van der Waals surface area contributed by atoms with Crippen molar-refractivity contribution in [2.24, 2.45) is 0 Å². The van der Waals surface area contributed by atoms with Crippen molar-refractivity contribution >= 4 is 5.91 Å². The number of hydrazine groups is 1. The van der Waals surface area contributed by atoms with Crippen LogP contribution >= 0.6 is 0 Å². The van der Waals surface area contributed by atoms with Crippen LogP contribution < -0.4 is 20.3 Å². The van der Waals surface area contributed by atoms with Crippen molar-refractivity contribution in [1.29, 1.82) is 0 Å². The van der Waals surface area contributed by atoms with Gasteiger partial charge in [-0.2, -0.15) is 0 Å². The van der Waals surface area contributed by atoms with Crippen LogP contribution in [0.1, 0.15) is 12.0 Å². The van der Waals surface area contributed by atoms with Crippen molar-refractivity contribution in [3.05, 3.63) is 23.8 Å². The van der Waals surface area contributed by atoms with Gasteiger partial charge in [-0.3, -0.25) is 10.2 Å². The van der Waals surface area contributed by atoms with Crippen molar-refractivity contribution in [1.82, 2.24) is 10.9 Å². The third kappa shape index (κ3) is 4.32. The Kier molecular flexibility index (Phi) is 5.29. The maximum absolute atomic E-state index is 11.2. The van der Waals surface area contributed by atoms with E-state index in [4.69, 9.17) is 9.47 Å². The van der Waals surface area contributed by atoms with E-state index in [1.807, 2.05) is 25.1 Å². The van der Waals surface area contributed by atoms with Gasteiger partial charge in [-0.05, 0) is 24.6 Å². The smallest absolute Gasteiger partial charge is 0.237 e. The van der Waals surface area contributed by atoms with Gasteiger partial charge in [0.15, 0.2) is 11.5 Å². The number of nitrogens with one attached hydrogen (secondary N) is 2. The quantitative estimate of drug-likeness (QED) is 0.727. The van der Waals surface area contributed by atoms with E-state index in [0.717, 1.165) is 5.56 Å². The minimum absolute atomic E-state index is 0.112. The number of ether oxygens (including phenoxy) is 2. The van der Waals surface area contributed by atoms with Gasteiger partial charge in [0.1, 0.15) is 0 Å². The predicted molar refractivity (Wildman–Crippen MR) is 65.0 cm³/mol. The lowest BCUT2D eigenvalue weighted by Gasteiger charge is -2.11. The van der Waals surface area contributed by atoms with Gasteiger partial charge < -0.3 is 9.47 Å². The maximum atomic E-state index is 11.2. The molecule has 0 saturated carbocycles. The zero-order valence-corrected chi connectivity index (χ0v) is 10.4. The highest BCUT2D eigenvalue weighted by Crippen LogP contribution is 2.27. The molecule has 17 heavy (non-hydrogen) atoms. The molecule has 0 aromatic heterocycles. The van der Waals surface area contributed by atoms with Crippen LogP contribution in [0.5, 0.6) is 11.5 Å². The summed E-state index contributed by atoms with van der Waals surface area (Å²) in [6.45, 7) is 2.29. The number of amides is 1. The summed E-state index contributed by atoms with van der Waals surface area (Å²) in [5, 5.41) is 0. The summed E-state index contributed by atoms with van der Waals surface area (Å²) in [6.07, 6.45) is 0.290. The summed E-state index contributed by atoms with van der Waals surface area (Å²) in [7, 11) is 3.23. The Morgan fingerprint density at radius 2 is 2.12 bits per heavy atom. The average molecular weight is 238 g/mol. The first kappa shape index (κ1) is 13.3. The highest BCUT2D eigenvalue weighted by Gasteiger charge is 2.05. The van der Waals surface area contributed by atoms with E-state index in [1.165, 1.54) is 0 Å². The van der Waals surface area contributed by atoms with Crippen LogP contribution in [0.2, 0.25) is 0 Å². The number of carbonyl (C=O) groups is 1. The van der Waals surface area contributed by atoms with E-state index in [-0.39, 0.29) is 12.3 Å². The lowest BCUT2D eigenvalue weighted by molar-refractivity contribution is -0.122. The first-order chi connectivity index (χ1) is 8.17. The van der Waals surface area contributed by atoms with Gasteiger partial charge in [0, 0.05) is 7.05 Å². The van der Waals surface area contributed by atoms with Crippen LogP contribution in [0.4, 0.5) is 0 Å². The second-order valence-corrected chi connectivity index (χ2v) is 3.55. The molecule has 0 aliphatic rings. The van der Waals surface area contributed by atoms with Crippen molar-refractivity contribution in [3.8, 4) is 11.5 Å². The van der Waals surface area contributed by atoms with E-state index in [0.29, 0.717) is 18.1 Å². The second kappa shape index (κ2) is 6.75. The van der Waals surface area contributed by atoms with Gasteiger partial charge in [-0.15, -0.1) is 0 Å². The molecule has 0 saturated heterocycles. The van der Waals surface area contributed by atoms with Gasteiger partial charge in [-0.1, -0.05) is 6.07 Å². The highest BCUT2D eigenvalue weighted by atomic mass is 16.5. The molecule has 0 radical (unpaired) electrons. The molecule has 0 aliphatic carbocycles. The fraction of sp³-hybridized carbons (Fsp3) is 0.417. The van der Waals surface area contributed by atoms with Crippen LogP contribution in [-0.4, -0.2) is 26.7 Å². The van der Waals surface area contributed by atoms with Crippen LogP contribution in [-0.2, 0) is 4.79 Å². The minimum atomic E-state index is -0.112. The van der Waals surface area contributed by atoms with Crippen molar-refractivity contribution in [3.63, 3.8) is 0 Å². The summed E-state index contributed by atoms with van der Waals surface area (Å²) in [5.74, 6) is 1.22. The Bertz CT molecular complexity index is 380. The van der Waals surface area contributed by atoms with E-state index in [2.05, 4.69) is 10.9 Å². The normalized spacial score (nSPS) is 9.82. The number of hydrogen-bond donors (Lipinski definition) is 2. The molecule has 1 aromatic carbocycles. The monoisotopic (exact) mass is 238 g/mol. The molecule has 94 valence electrons. The molecule has 0 unspecified atom stereocenters. The second-order valence-electron chi connectivity index (χ2n) is 3.55. The molecule has 0 fully saturated rings. The van der Waals surface area contributed by atoms with Gasteiger partial charge in [0.25, 0.3) is 0 Å². The summed E-state index contributed by atoms with van der Waals surface area (Å²) in [6, 6.07) is 5.67. The third-order valence-electron chi connectivity index (χ3n) is 2.17. The van der Waals surface area contributed by atoms with Crippen LogP contribution in [0, 0.1) is 6.92 Å². The highest BCUT2D eigenvalue weighted by molar-refractivity contribution is 5.75. The van der Waals surface area contributed by atoms with Crippen LogP contribution in [0.15, 0.2) is 18.2 Å². The van der Waals surface area contributed by atoms with Crippen LogP contribution in [0.3, 0.4) is 0 Å². The summed E-state index contributed by atoms with van der Waals surface area (Å²) in [5.41, 5.74) is 6.13. The Labute approximate surface area is 101 Å². The Morgan fingerprint density at radius 1 is 1.35 bits per heavy atom. The van der Waals surface area contributed by atoms with Gasteiger partial charge in [0.2, 0.25) is 5.91 Å². The molecule has 0 spiro atoms. The zero-order chi connectivity index (χ0) is 12.7. The summed E-state index contributed by atoms with van der Waals surface area (Å²) >= 11 is 0. The minimum Gasteiger partial charge on any atom is -0.493 e. The Morgan fingerprint density at radius 3 is 2.76 bits per heavy atom. The molecule has 1 aromatic rings. The molecule has 1 amide bonds. The average Bonchev–Trinajstić information content (AvgIpc) is 2.31. The first-order valence-electron chi connectivity index (χ1n) is 5.40. The molecular weight excluding hydrogens is 220 g/mol. The Hall–Kier alpha value is -1.75. The van der Waals surface area contributed by atoms with Gasteiger partial charge in [0.05, 0.1) is 20.1 Å². The molecule has 0 aliphatic heterocycles. The molecule has 0 atom stereocenters. The van der Waals surface area contributed by atoms with E-state index >= 15 is 0 Å². The third-order valence-corrected chi connectivity index (χ3v) is 2.17. The van der Waals surface area contributed by atoms with E-state index in [9.17, 15) is 4.79 Å². The number of benzene rings is 1. The lowest BCUT2D eigenvalue weighted by Crippen LogP contribution is -2.34. The SMILES string of the molecule is CNNC(=O)CCOc1ccc(C)cc1OC. The molecular formula is C12H18N2O3. The molecule has 2 N–H and O–H groups in total. The van der Waals surface area contributed by atoms with Gasteiger partial charge in [-0.25, -0.2) is 5.43 Å². The number of methoxy groups -OCH3 is 1. The lowest BCUT2D eigenvalue weighted by atomic mass is 10.2. The van der Waals surface area contributed by atoms with Crippen molar-refractivity contribution < 1.29 is 14.3 Å². The summed E-state index contributed by atoms with van der Waals surface area (Å²) in [4.78, 5) is 11.2. The molecule has 5 heteroatoms. The fourth-order valence-corrected chi connectivity index (χ4v) is 1.35. The molecule has 5 nitrogen and oxygen atoms in total. The number of carbonyl (C=O) groups excluding carboxylic acids is 1. The Balaban J connectivity index is 2.49. The fourth-order valence-electron chi connectivity index (χ4n) is 1.35. The predicted octanol–water partition coefficient (Wildman–Crippen LogP) is 1.02. The van der Waals surface area contributed by atoms with E-state index in [1.54, 1.807) is 14.2 Å². The maximum Gasteiger partial charge on any atom is 0.237 e. The van der Waals surface area contributed by atoms with Crippen molar-refractivity contribution in [2.75, 3.05) is 20.8 Å². The number of aryl methyl sites for hydroxylation is 1. The zero-order valence-electron chi connectivity index (χ0n) is 10.4. The summed E-state index contributed by atoms with van der Waals surface area (Å²) < 4.78 is 10.7. The molecule has 1 rings (SSSR count). The number of rotatable bonds is 6.